The Morgan fingerprint density at radius 3 is 2.62 bits per heavy atom. The van der Waals surface area contributed by atoms with Crippen molar-refractivity contribution < 1.29 is 18.7 Å². The molecule has 2 N–H and O–H groups in total. The Hall–Kier alpha value is -3.39. The van der Waals surface area contributed by atoms with Crippen LogP contribution in [0.4, 0.5) is 5.69 Å². The summed E-state index contributed by atoms with van der Waals surface area (Å²) in [5, 5.41) is 7.22. The van der Waals surface area contributed by atoms with E-state index in [4.69, 9.17) is 9.15 Å². The molecular weight excluding hydrogens is 474 g/mol. The highest BCUT2D eigenvalue weighted by atomic mass is 79.9. The molecule has 2 aromatic carbocycles. The zero-order valence-corrected chi connectivity index (χ0v) is 19.3. The summed E-state index contributed by atoms with van der Waals surface area (Å²) in [7, 11) is 1.55. The maximum Gasteiger partial charge on any atom is 0.291 e. The van der Waals surface area contributed by atoms with Gasteiger partial charge in [-0.3, -0.25) is 9.59 Å². The van der Waals surface area contributed by atoms with E-state index >= 15 is 0 Å². The van der Waals surface area contributed by atoms with Gasteiger partial charge in [0, 0.05) is 33.3 Å². The van der Waals surface area contributed by atoms with Crippen molar-refractivity contribution in [1.82, 2.24) is 5.43 Å². The highest BCUT2D eigenvalue weighted by molar-refractivity contribution is 9.10. The van der Waals surface area contributed by atoms with E-state index in [1.807, 2.05) is 19.1 Å². The zero-order chi connectivity index (χ0) is 22.7. The van der Waals surface area contributed by atoms with Crippen molar-refractivity contribution in [3.05, 3.63) is 81.2 Å². The van der Waals surface area contributed by atoms with Gasteiger partial charge in [0.15, 0.2) is 5.76 Å². The van der Waals surface area contributed by atoms with E-state index in [-0.39, 0.29) is 17.6 Å². The lowest BCUT2D eigenvalue weighted by Crippen LogP contribution is -2.22. The molecule has 32 heavy (non-hydrogen) atoms. The van der Waals surface area contributed by atoms with Crippen molar-refractivity contribution >= 4 is 39.1 Å². The summed E-state index contributed by atoms with van der Waals surface area (Å²) in [5.74, 6) is 0.907. The van der Waals surface area contributed by atoms with Crippen LogP contribution in [0.3, 0.4) is 0 Å². The minimum absolute atomic E-state index is 0.256. The molecule has 1 heterocycles. The van der Waals surface area contributed by atoms with Gasteiger partial charge in [-0.1, -0.05) is 22.0 Å². The number of ether oxygens (including phenoxy) is 1. The molecule has 3 aromatic rings. The van der Waals surface area contributed by atoms with E-state index in [1.54, 1.807) is 43.5 Å². The number of halogens is 1. The van der Waals surface area contributed by atoms with Gasteiger partial charge >= 0.3 is 0 Å². The number of hydrogen-bond donors (Lipinski definition) is 2. The van der Waals surface area contributed by atoms with E-state index in [2.05, 4.69) is 31.8 Å². The summed E-state index contributed by atoms with van der Waals surface area (Å²) in [4.78, 5) is 25.3. The molecule has 0 radical (unpaired) electrons. The fraction of sp³-hybridized carbons (Fsp3) is 0.208. The second-order valence-electron chi connectivity index (χ2n) is 7.40. The third-order valence-electron chi connectivity index (χ3n) is 5.26. The van der Waals surface area contributed by atoms with Gasteiger partial charge < -0.3 is 14.5 Å². The average molecular weight is 496 g/mol. The first-order valence-electron chi connectivity index (χ1n) is 10.2. The topological polar surface area (TPSA) is 92.9 Å². The van der Waals surface area contributed by atoms with Crippen LogP contribution in [0, 0.1) is 6.92 Å². The molecule has 0 fully saturated rings. The number of carbonyl (C=O) groups excluding carboxylic acids is 2. The number of methoxy groups -OCH3 is 1. The number of benzene rings is 2. The quantitative estimate of drug-likeness (QED) is 0.482. The first-order chi connectivity index (χ1) is 15.5. The van der Waals surface area contributed by atoms with Crippen LogP contribution >= 0.6 is 15.9 Å². The average Bonchev–Trinajstić information content (AvgIpc) is 3.16. The van der Waals surface area contributed by atoms with E-state index < -0.39 is 0 Å². The van der Waals surface area contributed by atoms with E-state index in [0.29, 0.717) is 46.9 Å². The number of nitrogens with zero attached hydrogens (tertiary/aromatic N) is 1. The Morgan fingerprint density at radius 1 is 1.09 bits per heavy atom. The van der Waals surface area contributed by atoms with Crippen LogP contribution in [-0.2, 0) is 6.42 Å². The molecule has 1 aromatic heterocycles. The molecule has 8 heteroatoms. The molecule has 7 nitrogen and oxygen atoms in total. The number of carbonyl (C=O) groups is 2. The molecule has 0 unspecified atom stereocenters. The third kappa shape index (κ3) is 4.60. The van der Waals surface area contributed by atoms with Crippen molar-refractivity contribution in [2.45, 2.75) is 26.2 Å². The van der Waals surface area contributed by atoms with Crippen LogP contribution in [0.2, 0.25) is 0 Å². The number of amides is 2. The van der Waals surface area contributed by atoms with Gasteiger partial charge in [0.05, 0.1) is 12.8 Å². The maximum absolute atomic E-state index is 12.8. The molecule has 2 amide bonds. The predicted octanol–water partition coefficient (Wildman–Crippen LogP) is 5.08. The summed E-state index contributed by atoms with van der Waals surface area (Å²) in [6.45, 7) is 1.84. The minimum Gasteiger partial charge on any atom is -0.497 e. The molecular formula is C24H22BrN3O4. The normalized spacial score (nSPS) is 14.0. The molecule has 1 aliphatic carbocycles. The zero-order valence-electron chi connectivity index (χ0n) is 17.7. The Morgan fingerprint density at radius 2 is 1.88 bits per heavy atom. The Bertz CT molecular complexity index is 1200. The van der Waals surface area contributed by atoms with E-state index in [1.165, 1.54) is 0 Å². The maximum atomic E-state index is 12.8. The lowest BCUT2D eigenvalue weighted by Gasteiger charge is -2.13. The van der Waals surface area contributed by atoms with Gasteiger partial charge in [-0.2, -0.15) is 5.10 Å². The van der Waals surface area contributed by atoms with Crippen LogP contribution < -0.4 is 15.5 Å². The molecule has 0 spiro atoms. The fourth-order valence-electron chi connectivity index (χ4n) is 3.66. The highest BCUT2D eigenvalue weighted by Gasteiger charge is 2.28. The number of hydrazone groups is 1. The first-order valence-corrected chi connectivity index (χ1v) is 11.0. The number of nitrogens with one attached hydrogen (secondary N) is 2. The summed E-state index contributed by atoms with van der Waals surface area (Å²) >= 11 is 3.38. The number of aryl methyl sites for hydroxylation is 1. The van der Waals surface area contributed by atoms with Gasteiger partial charge in [0.25, 0.3) is 11.8 Å². The van der Waals surface area contributed by atoms with E-state index in [0.717, 1.165) is 16.5 Å². The highest BCUT2D eigenvalue weighted by Crippen LogP contribution is 2.30. The lowest BCUT2D eigenvalue weighted by molar-refractivity contribution is 0.0953. The number of hydrogen-bond acceptors (Lipinski definition) is 5. The third-order valence-corrected chi connectivity index (χ3v) is 5.79. The molecule has 4 rings (SSSR count). The Balaban J connectivity index is 1.55. The largest absolute Gasteiger partial charge is 0.497 e. The summed E-state index contributed by atoms with van der Waals surface area (Å²) < 4.78 is 12.0. The smallest absolute Gasteiger partial charge is 0.291 e. The molecule has 0 saturated heterocycles. The van der Waals surface area contributed by atoms with Crippen LogP contribution in [0.15, 0.2) is 62.5 Å². The second kappa shape index (κ2) is 9.40. The lowest BCUT2D eigenvalue weighted by atomic mass is 9.93. The SMILES string of the molecule is COc1cccc(C(=O)N/N=C2\CCCc3oc(C(=O)Nc4ccc(Br)cc4)c(C)c32)c1. The standard InChI is InChI=1S/C24H22BrN3O4/c1-14-21-19(27-28-23(29)15-5-3-6-18(13-15)31-2)7-4-8-20(21)32-22(14)24(30)26-17-11-9-16(25)10-12-17/h3,5-6,9-13H,4,7-8H2,1-2H3,(H,26,30)(H,28,29)/b27-19+. The van der Waals surface area contributed by atoms with Crippen LogP contribution in [0.5, 0.6) is 5.75 Å². The van der Waals surface area contributed by atoms with Crippen molar-refractivity contribution in [1.29, 1.82) is 0 Å². The van der Waals surface area contributed by atoms with Gasteiger partial charge in [-0.25, -0.2) is 5.43 Å². The molecule has 0 saturated carbocycles. The van der Waals surface area contributed by atoms with Gasteiger partial charge in [-0.15, -0.1) is 0 Å². The molecule has 1 aliphatic rings. The van der Waals surface area contributed by atoms with Crippen molar-refractivity contribution in [3.63, 3.8) is 0 Å². The van der Waals surface area contributed by atoms with Crippen LogP contribution in [0.25, 0.3) is 0 Å². The fourth-order valence-corrected chi connectivity index (χ4v) is 3.93. The molecule has 0 bridgehead atoms. The summed E-state index contributed by atoms with van der Waals surface area (Å²) in [5.41, 5.74) is 5.95. The van der Waals surface area contributed by atoms with Crippen molar-refractivity contribution in [2.75, 3.05) is 12.4 Å². The number of anilines is 1. The van der Waals surface area contributed by atoms with Crippen molar-refractivity contribution in [3.8, 4) is 5.75 Å². The predicted molar refractivity (Wildman–Crippen MR) is 125 cm³/mol. The molecule has 164 valence electrons. The van der Waals surface area contributed by atoms with E-state index in [9.17, 15) is 9.59 Å². The summed E-state index contributed by atoms with van der Waals surface area (Å²) in [6, 6.07) is 14.2. The minimum atomic E-state index is -0.335. The second-order valence-corrected chi connectivity index (χ2v) is 8.32. The Labute approximate surface area is 194 Å². The van der Waals surface area contributed by atoms with Crippen LogP contribution in [-0.4, -0.2) is 24.6 Å². The monoisotopic (exact) mass is 495 g/mol. The molecule has 0 aliphatic heterocycles. The Kier molecular flexibility index (Phi) is 6.41. The van der Waals surface area contributed by atoms with Crippen LogP contribution in [0.1, 0.15) is 50.6 Å². The van der Waals surface area contributed by atoms with Gasteiger partial charge in [0.2, 0.25) is 0 Å². The van der Waals surface area contributed by atoms with Gasteiger partial charge in [-0.05, 0) is 62.2 Å². The number of fused-ring (bicyclic) bond motifs is 1. The number of rotatable bonds is 5. The van der Waals surface area contributed by atoms with Crippen molar-refractivity contribution in [2.24, 2.45) is 5.10 Å². The number of furan rings is 1. The first kappa shape index (κ1) is 21.8. The summed E-state index contributed by atoms with van der Waals surface area (Å²) in [6.07, 6.45) is 2.21. The molecule has 0 atom stereocenters. The van der Waals surface area contributed by atoms with Gasteiger partial charge in [0.1, 0.15) is 11.5 Å².